The van der Waals surface area contributed by atoms with Gasteiger partial charge < -0.3 is 5.11 Å². The maximum absolute atomic E-state index is 10.5. The fourth-order valence-corrected chi connectivity index (χ4v) is 5.57. The van der Waals surface area contributed by atoms with Gasteiger partial charge in [-0.15, -0.1) is 0 Å². The quantitative estimate of drug-likeness (QED) is 0.720. The standard InChI is InChI=1S/C15H26O/c1-9(2)11-6-5-10(3)15-8-7-14(4,16)13(15)12(11)15/h9-13,16H,5-8H2,1-4H3/t10-,11+,12-,13+,14-,15?/m1/s1. The molecule has 0 heterocycles. The van der Waals surface area contributed by atoms with E-state index in [1.54, 1.807) is 0 Å². The molecule has 1 spiro atoms. The molecule has 3 aliphatic carbocycles. The second-order valence-electron chi connectivity index (χ2n) is 7.36. The summed E-state index contributed by atoms with van der Waals surface area (Å²) >= 11 is 0. The Morgan fingerprint density at radius 3 is 2.50 bits per heavy atom. The van der Waals surface area contributed by atoms with Crippen molar-refractivity contribution < 1.29 is 5.11 Å². The van der Waals surface area contributed by atoms with E-state index < -0.39 is 0 Å². The van der Waals surface area contributed by atoms with Crippen molar-refractivity contribution >= 4 is 0 Å². The third-order valence-electron chi connectivity index (χ3n) is 6.35. The zero-order valence-corrected chi connectivity index (χ0v) is 11.2. The number of rotatable bonds is 1. The van der Waals surface area contributed by atoms with Crippen LogP contribution in [0.25, 0.3) is 0 Å². The first-order chi connectivity index (χ1) is 7.41. The minimum absolute atomic E-state index is 0.351. The molecule has 1 heteroatoms. The van der Waals surface area contributed by atoms with Crippen LogP contribution in [-0.2, 0) is 0 Å². The lowest BCUT2D eigenvalue weighted by Crippen LogP contribution is -2.30. The smallest absolute Gasteiger partial charge is 0.0656 e. The van der Waals surface area contributed by atoms with Crippen LogP contribution in [0.2, 0.25) is 0 Å². The first kappa shape index (κ1) is 11.1. The van der Waals surface area contributed by atoms with Crippen molar-refractivity contribution in [2.45, 2.75) is 59.0 Å². The van der Waals surface area contributed by atoms with E-state index in [0.717, 1.165) is 30.1 Å². The zero-order valence-electron chi connectivity index (χ0n) is 11.2. The van der Waals surface area contributed by atoms with Crippen LogP contribution in [0.3, 0.4) is 0 Å². The lowest BCUT2D eigenvalue weighted by molar-refractivity contribution is 0.0291. The van der Waals surface area contributed by atoms with E-state index in [0.29, 0.717) is 11.3 Å². The third-order valence-corrected chi connectivity index (χ3v) is 6.35. The van der Waals surface area contributed by atoms with Crippen molar-refractivity contribution in [3.63, 3.8) is 0 Å². The molecular formula is C15H26O. The van der Waals surface area contributed by atoms with Crippen LogP contribution < -0.4 is 0 Å². The Morgan fingerprint density at radius 1 is 1.19 bits per heavy atom. The van der Waals surface area contributed by atoms with Gasteiger partial charge in [0.25, 0.3) is 0 Å². The third kappa shape index (κ3) is 1.11. The van der Waals surface area contributed by atoms with E-state index in [9.17, 15) is 5.11 Å². The Labute approximate surface area is 99.6 Å². The van der Waals surface area contributed by atoms with Crippen molar-refractivity contribution in [1.29, 1.82) is 0 Å². The molecule has 0 aromatic rings. The molecule has 0 radical (unpaired) electrons. The Hall–Kier alpha value is -0.0400. The van der Waals surface area contributed by atoms with Crippen LogP contribution in [0.1, 0.15) is 53.4 Å². The normalized spacial score (nSPS) is 59.6. The van der Waals surface area contributed by atoms with Crippen molar-refractivity contribution in [2.24, 2.45) is 35.0 Å². The molecule has 1 nitrogen and oxygen atoms in total. The van der Waals surface area contributed by atoms with E-state index in [1.165, 1.54) is 19.3 Å². The van der Waals surface area contributed by atoms with Crippen LogP contribution in [-0.4, -0.2) is 10.7 Å². The van der Waals surface area contributed by atoms with E-state index >= 15 is 0 Å². The molecule has 3 rings (SSSR count). The van der Waals surface area contributed by atoms with Gasteiger partial charge >= 0.3 is 0 Å². The van der Waals surface area contributed by atoms with Gasteiger partial charge in [-0.25, -0.2) is 0 Å². The molecule has 92 valence electrons. The summed E-state index contributed by atoms with van der Waals surface area (Å²) in [4.78, 5) is 0. The summed E-state index contributed by atoms with van der Waals surface area (Å²) in [6.07, 6.45) is 5.13. The van der Waals surface area contributed by atoms with Crippen LogP contribution in [0.15, 0.2) is 0 Å². The minimum atomic E-state index is -0.351. The molecule has 3 saturated carbocycles. The fraction of sp³-hybridized carbons (Fsp3) is 1.00. The van der Waals surface area contributed by atoms with Crippen LogP contribution >= 0.6 is 0 Å². The molecule has 0 aromatic heterocycles. The summed E-state index contributed by atoms with van der Waals surface area (Å²) in [5, 5.41) is 10.5. The number of hydrogen-bond acceptors (Lipinski definition) is 1. The fourth-order valence-electron chi connectivity index (χ4n) is 5.57. The predicted octanol–water partition coefficient (Wildman–Crippen LogP) is 3.47. The van der Waals surface area contributed by atoms with Gasteiger partial charge in [0.05, 0.1) is 5.60 Å². The largest absolute Gasteiger partial charge is 0.390 e. The Morgan fingerprint density at radius 2 is 1.88 bits per heavy atom. The van der Waals surface area contributed by atoms with Gasteiger partial charge in [0.1, 0.15) is 0 Å². The molecule has 0 amide bonds. The van der Waals surface area contributed by atoms with Crippen LogP contribution in [0, 0.1) is 35.0 Å². The molecule has 0 bridgehead atoms. The van der Waals surface area contributed by atoms with Crippen LogP contribution in [0.4, 0.5) is 0 Å². The van der Waals surface area contributed by atoms with Gasteiger partial charge in [0.15, 0.2) is 0 Å². The van der Waals surface area contributed by atoms with Crippen molar-refractivity contribution in [3.05, 3.63) is 0 Å². The van der Waals surface area contributed by atoms with E-state index in [1.807, 2.05) is 0 Å². The molecule has 3 fully saturated rings. The molecule has 1 unspecified atom stereocenters. The Balaban J connectivity index is 1.92. The molecule has 6 atom stereocenters. The number of hydrogen-bond donors (Lipinski definition) is 1. The highest BCUT2D eigenvalue weighted by Crippen LogP contribution is 2.80. The summed E-state index contributed by atoms with van der Waals surface area (Å²) in [5.41, 5.74) is 0.201. The highest BCUT2D eigenvalue weighted by atomic mass is 16.3. The van der Waals surface area contributed by atoms with Gasteiger partial charge in [0.2, 0.25) is 0 Å². The van der Waals surface area contributed by atoms with Crippen molar-refractivity contribution in [3.8, 4) is 0 Å². The van der Waals surface area contributed by atoms with Gasteiger partial charge in [-0.3, -0.25) is 0 Å². The predicted molar refractivity (Wildman–Crippen MR) is 66.0 cm³/mol. The molecular weight excluding hydrogens is 196 g/mol. The second-order valence-corrected chi connectivity index (χ2v) is 7.36. The number of aliphatic hydroxyl groups is 1. The summed E-state index contributed by atoms with van der Waals surface area (Å²) in [7, 11) is 0. The first-order valence-corrected chi connectivity index (χ1v) is 7.13. The van der Waals surface area contributed by atoms with Gasteiger partial charge in [-0.05, 0) is 67.6 Å². The Kier molecular flexibility index (Phi) is 2.11. The average molecular weight is 222 g/mol. The summed E-state index contributed by atoms with van der Waals surface area (Å²) in [6.45, 7) is 9.27. The lowest BCUT2D eigenvalue weighted by Gasteiger charge is -2.36. The maximum Gasteiger partial charge on any atom is 0.0656 e. The average Bonchev–Trinajstić information content (AvgIpc) is 2.79. The van der Waals surface area contributed by atoms with Gasteiger partial charge in [-0.2, -0.15) is 0 Å². The highest BCUT2D eigenvalue weighted by Gasteiger charge is 2.77. The first-order valence-electron chi connectivity index (χ1n) is 7.13. The SMILES string of the molecule is CC(C)[C@@H]1CC[C@@H](C)C23CC[C@@](C)(O)[C@@H]2[C@@H]13. The highest BCUT2D eigenvalue weighted by molar-refractivity contribution is 5.26. The minimum Gasteiger partial charge on any atom is -0.390 e. The lowest BCUT2D eigenvalue weighted by atomic mass is 9.69. The molecule has 16 heavy (non-hydrogen) atoms. The summed E-state index contributed by atoms with van der Waals surface area (Å²) in [6, 6.07) is 0. The van der Waals surface area contributed by atoms with E-state index in [2.05, 4.69) is 27.7 Å². The van der Waals surface area contributed by atoms with Gasteiger partial charge in [0, 0.05) is 0 Å². The monoisotopic (exact) mass is 222 g/mol. The van der Waals surface area contributed by atoms with Crippen LogP contribution in [0.5, 0.6) is 0 Å². The summed E-state index contributed by atoms with van der Waals surface area (Å²) in [5.74, 6) is 4.01. The number of fused-ring (bicyclic) bond motifs is 1. The summed E-state index contributed by atoms with van der Waals surface area (Å²) < 4.78 is 0. The zero-order chi connectivity index (χ0) is 11.7. The topological polar surface area (TPSA) is 20.2 Å². The Bertz CT molecular complexity index is 307. The molecule has 3 aliphatic rings. The van der Waals surface area contributed by atoms with E-state index in [4.69, 9.17) is 0 Å². The van der Waals surface area contributed by atoms with E-state index in [-0.39, 0.29) is 5.60 Å². The molecule has 0 saturated heterocycles. The van der Waals surface area contributed by atoms with Gasteiger partial charge in [-0.1, -0.05) is 20.8 Å². The van der Waals surface area contributed by atoms with Crippen molar-refractivity contribution in [2.75, 3.05) is 0 Å². The molecule has 1 N–H and O–H groups in total. The second kappa shape index (κ2) is 3.04. The molecule has 0 aliphatic heterocycles. The maximum atomic E-state index is 10.5. The van der Waals surface area contributed by atoms with Crippen molar-refractivity contribution in [1.82, 2.24) is 0 Å². The molecule has 0 aromatic carbocycles.